The summed E-state index contributed by atoms with van der Waals surface area (Å²) in [6, 6.07) is 17.7. The number of nitrogens with zero attached hydrogens (tertiary/aromatic N) is 1. The zero-order valence-electron chi connectivity index (χ0n) is 13.8. The average Bonchev–Trinajstić information content (AvgIpc) is 2.65. The highest BCUT2D eigenvalue weighted by molar-refractivity contribution is 7.71. The molecule has 3 aromatic rings. The van der Waals surface area contributed by atoms with E-state index in [-0.39, 0.29) is 6.79 Å². The molecule has 0 bridgehead atoms. The number of carbonyl (C=O) groups is 1. The molecule has 0 amide bonds. The number of benzene rings is 2. The van der Waals surface area contributed by atoms with Gasteiger partial charge in [0.25, 0.3) is 0 Å². The molecule has 25 heavy (non-hydrogen) atoms. The van der Waals surface area contributed by atoms with Gasteiger partial charge in [0.05, 0.1) is 0 Å². The van der Waals surface area contributed by atoms with Gasteiger partial charge in [-0.2, -0.15) is 0 Å². The normalized spacial score (nSPS) is 10.4. The average molecular weight is 351 g/mol. The van der Waals surface area contributed by atoms with Crippen LogP contribution in [0.3, 0.4) is 0 Å². The quantitative estimate of drug-likeness (QED) is 0.291. The first-order valence-electron chi connectivity index (χ1n) is 7.71. The Bertz CT molecular complexity index is 990. The second kappa shape index (κ2) is 7.32. The highest BCUT2D eigenvalue weighted by Gasteiger charge is 2.06. The molecule has 0 unspecified atom stereocenters. The van der Waals surface area contributed by atoms with Crippen LogP contribution in [0.4, 0.5) is 0 Å². The van der Waals surface area contributed by atoms with E-state index in [1.807, 2.05) is 48.0 Å². The molecule has 0 aliphatic rings. The van der Waals surface area contributed by atoms with Gasteiger partial charge in [-0.05, 0) is 35.2 Å². The molecule has 0 aliphatic carbocycles. The van der Waals surface area contributed by atoms with E-state index in [0.717, 1.165) is 32.7 Å². The lowest BCUT2D eigenvalue weighted by molar-refractivity contribution is -0.144. The SMILES string of the molecule is C=CC(=O)OCOc1ccc(-c2cc3ccccc3n(C)c2=S)cc1. The second-order valence-corrected chi connectivity index (χ2v) is 5.82. The number of rotatable bonds is 5. The number of hydrogen-bond acceptors (Lipinski definition) is 4. The van der Waals surface area contributed by atoms with E-state index in [1.165, 1.54) is 0 Å². The topological polar surface area (TPSA) is 40.5 Å². The fourth-order valence-corrected chi connectivity index (χ4v) is 2.85. The zero-order chi connectivity index (χ0) is 17.8. The van der Waals surface area contributed by atoms with Gasteiger partial charge in [0.2, 0.25) is 6.79 Å². The Morgan fingerprint density at radius 2 is 1.92 bits per heavy atom. The van der Waals surface area contributed by atoms with Crippen LogP contribution in [-0.2, 0) is 16.6 Å². The molecule has 0 radical (unpaired) electrons. The maximum Gasteiger partial charge on any atom is 0.333 e. The van der Waals surface area contributed by atoms with Crippen LogP contribution in [0, 0.1) is 4.64 Å². The molecular formula is C20H17NO3S. The molecule has 0 aliphatic heterocycles. The molecule has 0 saturated carbocycles. The summed E-state index contributed by atoms with van der Waals surface area (Å²) in [5.74, 6) is 0.0905. The molecule has 4 nitrogen and oxygen atoms in total. The van der Waals surface area contributed by atoms with E-state index >= 15 is 0 Å². The van der Waals surface area contributed by atoms with Crippen molar-refractivity contribution in [3.63, 3.8) is 0 Å². The molecule has 0 spiro atoms. The molecule has 1 aromatic heterocycles. The molecular weight excluding hydrogens is 334 g/mol. The highest BCUT2D eigenvalue weighted by atomic mass is 32.1. The van der Waals surface area contributed by atoms with Crippen molar-refractivity contribution in [3.8, 4) is 16.9 Å². The van der Waals surface area contributed by atoms with Gasteiger partial charge in [0.15, 0.2) is 0 Å². The van der Waals surface area contributed by atoms with Gasteiger partial charge >= 0.3 is 5.97 Å². The minimum atomic E-state index is -0.518. The number of fused-ring (bicyclic) bond motifs is 1. The van der Waals surface area contributed by atoms with E-state index in [4.69, 9.17) is 21.7 Å². The Morgan fingerprint density at radius 3 is 2.64 bits per heavy atom. The van der Waals surface area contributed by atoms with E-state index < -0.39 is 5.97 Å². The van der Waals surface area contributed by atoms with Gasteiger partial charge in [0.1, 0.15) is 10.4 Å². The largest absolute Gasteiger partial charge is 0.457 e. The predicted molar refractivity (Wildman–Crippen MR) is 101 cm³/mol. The minimum Gasteiger partial charge on any atom is -0.457 e. The van der Waals surface area contributed by atoms with Gasteiger partial charge in [-0.15, -0.1) is 0 Å². The molecule has 5 heteroatoms. The lowest BCUT2D eigenvalue weighted by atomic mass is 10.0. The summed E-state index contributed by atoms with van der Waals surface area (Å²) < 4.78 is 12.9. The van der Waals surface area contributed by atoms with Crippen LogP contribution < -0.4 is 4.74 Å². The van der Waals surface area contributed by atoms with Crippen molar-refractivity contribution in [2.45, 2.75) is 0 Å². The number of aromatic nitrogens is 1. The third kappa shape index (κ3) is 3.61. The third-order valence-corrected chi connectivity index (χ3v) is 4.39. The number of pyridine rings is 1. The number of aryl methyl sites for hydroxylation is 1. The third-order valence-electron chi connectivity index (χ3n) is 3.89. The van der Waals surface area contributed by atoms with Crippen LogP contribution in [0.1, 0.15) is 0 Å². The monoisotopic (exact) mass is 351 g/mol. The van der Waals surface area contributed by atoms with E-state index in [0.29, 0.717) is 5.75 Å². The van der Waals surface area contributed by atoms with Gasteiger partial charge in [-0.1, -0.05) is 49.1 Å². The fraction of sp³-hybridized carbons (Fsp3) is 0.100. The Kier molecular flexibility index (Phi) is 4.95. The summed E-state index contributed by atoms with van der Waals surface area (Å²) in [5, 5.41) is 1.13. The molecule has 2 aromatic carbocycles. The van der Waals surface area contributed by atoms with Crippen LogP contribution in [0.25, 0.3) is 22.0 Å². The lowest BCUT2D eigenvalue weighted by Gasteiger charge is -2.11. The predicted octanol–water partition coefficient (Wildman–Crippen LogP) is 4.64. The first-order chi connectivity index (χ1) is 12.1. The Morgan fingerprint density at radius 1 is 1.20 bits per heavy atom. The molecule has 1 heterocycles. The van der Waals surface area contributed by atoms with Crippen LogP contribution in [0.2, 0.25) is 0 Å². The summed E-state index contributed by atoms with van der Waals surface area (Å²) in [7, 11) is 1.97. The van der Waals surface area contributed by atoms with Crippen LogP contribution in [0.5, 0.6) is 5.75 Å². The first kappa shape index (κ1) is 16.9. The second-order valence-electron chi connectivity index (χ2n) is 5.44. The van der Waals surface area contributed by atoms with Crippen molar-refractivity contribution in [1.82, 2.24) is 4.57 Å². The summed E-state index contributed by atoms with van der Waals surface area (Å²) in [5.41, 5.74) is 3.09. The van der Waals surface area contributed by atoms with Crippen LogP contribution >= 0.6 is 12.2 Å². The minimum absolute atomic E-state index is 0.151. The van der Waals surface area contributed by atoms with Crippen molar-refractivity contribution in [3.05, 3.63) is 71.9 Å². The fourth-order valence-electron chi connectivity index (χ4n) is 2.57. The zero-order valence-corrected chi connectivity index (χ0v) is 14.6. The molecule has 0 N–H and O–H groups in total. The molecule has 126 valence electrons. The van der Waals surface area contributed by atoms with E-state index in [2.05, 4.69) is 24.8 Å². The van der Waals surface area contributed by atoms with Crippen molar-refractivity contribution in [2.75, 3.05) is 6.79 Å². The smallest absolute Gasteiger partial charge is 0.333 e. The lowest BCUT2D eigenvalue weighted by Crippen LogP contribution is -2.07. The van der Waals surface area contributed by atoms with Crippen LogP contribution in [-0.4, -0.2) is 17.3 Å². The van der Waals surface area contributed by atoms with Gasteiger partial charge < -0.3 is 14.0 Å². The molecule has 0 fully saturated rings. The van der Waals surface area contributed by atoms with Crippen molar-refractivity contribution >= 4 is 29.1 Å². The Hall–Kier alpha value is -2.92. The van der Waals surface area contributed by atoms with Crippen molar-refractivity contribution in [2.24, 2.45) is 7.05 Å². The Balaban J connectivity index is 1.86. The number of ether oxygens (including phenoxy) is 2. The molecule has 0 atom stereocenters. The van der Waals surface area contributed by atoms with Gasteiger partial charge in [-0.3, -0.25) is 0 Å². The number of esters is 1. The van der Waals surface area contributed by atoms with Crippen LogP contribution in [0.15, 0.2) is 67.3 Å². The number of carbonyl (C=O) groups excluding carboxylic acids is 1. The number of hydrogen-bond donors (Lipinski definition) is 0. The standard InChI is InChI=1S/C20H17NO3S/c1-3-19(22)24-13-23-16-10-8-14(9-11-16)17-12-15-6-4-5-7-18(15)21(2)20(17)25/h3-12H,1,13H2,2H3. The van der Waals surface area contributed by atoms with Crippen molar-refractivity contribution < 1.29 is 14.3 Å². The summed E-state index contributed by atoms with van der Waals surface area (Å²) in [6.45, 7) is 3.18. The first-order valence-corrected chi connectivity index (χ1v) is 8.12. The maximum atomic E-state index is 11.0. The summed E-state index contributed by atoms with van der Waals surface area (Å²) in [6.07, 6.45) is 1.09. The van der Waals surface area contributed by atoms with E-state index in [1.54, 1.807) is 0 Å². The highest BCUT2D eigenvalue weighted by Crippen LogP contribution is 2.27. The van der Waals surface area contributed by atoms with Gasteiger partial charge in [-0.25, -0.2) is 4.79 Å². The van der Waals surface area contributed by atoms with Gasteiger partial charge in [0, 0.05) is 24.2 Å². The van der Waals surface area contributed by atoms with Crippen molar-refractivity contribution in [1.29, 1.82) is 0 Å². The molecule has 3 rings (SSSR count). The maximum absolute atomic E-state index is 11.0. The number of para-hydroxylation sites is 1. The molecule has 0 saturated heterocycles. The Labute approximate surface area is 150 Å². The van der Waals surface area contributed by atoms with E-state index in [9.17, 15) is 4.79 Å². The summed E-state index contributed by atoms with van der Waals surface area (Å²) in [4.78, 5) is 11.0. The summed E-state index contributed by atoms with van der Waals surface area (Å²) >= 11 is 5.61.